The fourth-order valence-corrected chi connectivity index (χ4v) is 5.02. The molecule has 5 rings (SSSR count). The molecule has 3 N–H and O–H groups in total. The second kappa shape index (κ2) is 10.8. The normalized spacial score (nSPS) is 14.4. The van der Waals surface area contributed by atoms with Gasteiger partial charge >= 0.3 is 0 Å². The molecule has 0 atom stereocenters. The lowest BCUT2D eigenvalue weighted by atomic mass is 9.96. The first-order valence-electron chi connectivity index (χ1n) is 13.0. The lowest BCUT2D eigenvalue weighted by Gasteiger charge is -2.35. The van der Waals surface area contributed by atoms with Crippen LogP contribution in [-0.2, 0) is 0 Å². The van der Waals surface area contributed by atoms with Crippen molar-refractivity contribution in [3.8, 4) is 22.3 Å². The summed E-state index contributed by atoms with van der Waals surface area (Å²) in [5.41, 5.74) is 12.2. The van der Waals surface area contributed by atoms with Gasteiger partial charge in [0.2, 0.25) is 0 Å². The third-order valence-electron chi connectivity index (χ3n) is 7.27. The molecule has 2 aromatic carbocycles. The zero-order chi connectivity index (χ0) is 26.8. The Morgan fingerprint density at radius 3 is 2.47 bits per heavy atom. The van der Waals surface area contributed by atoms with Crippen molar-refractivity contribution in [2.75, 3.05) is 59.1 Å². The Morgan fingerprint density at radius 2 is 1.74 bits per heavy atom. The maximum absolute atomic E-state index is 13.5. The van der Waals surface area contributed by atoms with Crippen LogP contribution in [0.5, 0.6) is 0 Å². The Labute approximate surface area is 223 Å². The Balaban J connectivity index is 1.42. The molecule has 3 heterocycles. The van der Waals surface area contributed by atoms with Crippen LogP contribution in [0.3, 0.4) is 0 Å². The number of nitrogens with two attached hydrogens (primary N) is 1. The van der Waals surface area contributed by atoms with Crippen molar-refractivity contribution in [2.45, 2.75) is 6.92 Å². The molecule has 38 heavy (non-hydrogen) atoms. The number of piperazine rings is 1. The predicted octanol–water partition coefficient (Wildman–Crippen LogP) is 4.00. The first-order chi connectivity index (χ1) is 18.3. The molecule has 1 saturated heterocycles. The number of hydrogen-bond donors (Lipinski definition) is 2. The molecule has 0 saturated carbocycles. The number of aromatic amines is 1. The number of anilines is 1. The number of aromatic nitrogens is 2. The van der Waals surface area contributed by atoms with E-state index >= 15 is 0 Å². The number of carbonyl (C=O) groups is 2. The number of H-pyrrole nitrogens is 1. The van der Waals surface area contributed by atoms with Gasteiger partial charge in [-0.15, -0.1) is 0 Å². The number of ketones is 1. The smallest absolute Gasteiger partial charge is 0.256 e. The van der Waals surface area contributed by atoms with Gasteiger partial charge in [-0.3, -0.25) is 14.5 Å². The standard InChI is InChI=1S/C30H34N6O2/c1-20(37)23-6-4-5-7-24(23)27-19-33-29-25(27)17-22(18-32-29)21-8-9-28(31)26(16-21)30(38)36-14-12-35(13-15-36)11-10-34(2)3/h4-9,16-19H,10-15,31H2,1-3H3,(H,32,33). The SMILES string of the molecule is CC(=O)c1ccccc1-c1c[nH]c2ncc(-c3ccc(N)c(C(=O)N4CCN(CCN(C)C)CC4)c3)cc12. The second-order valence-electron chi connectivity index (χ2n) is 10.2. The molecule has 0 spiro atoms. The van der Waals surface area contributed by atoms with Crippen LogP contribution in [-0.4, -0.2) is 89.7 Å². The quantitative estimate of drug-likeness (QED) is 0.288. The van der Waals surface area contributed by atoms with Gasteiger partial charge in [-0.25, -0.2) is 4.98 Å². The van der Waals surface area contributed by atoms with Crippen molar-refractivity contribution in [3.63, 3.8) is 0 Å². The summed E-state index contributed by atoms with van der Waals surface area (Å²) in [5.74, 6) is -0.0253. The van der Waals surface area contributed by atoms with Crippen LogP contribution >= 0.6 is 0 Å². The van der Waals surface area contributed by atoms with E-state index in [9.17, 15) is 9.59 Å². The number of rotatable bonds is 7. The summed E-state index contributed by atoms with van der Waals surface area (Å²) in [7, 11) is 4.15. The Morgan fingerprint density at radius 1 is 0.974 bits per heavy atom. The van der Waals surface area contributed by atoms with Crippen molar-refractivity contribution in [1.29, 1.82) is 0 Å². The number of likely N-dealkylation sites (N-methyl/N-ethyl adjacent to an activating group) is 1. The molecule has 2 aromatic heterocycles. The van der Waals surface area contributed by atoms with E-state index in [2.05, 4.69) is 33.9 Å². The lowest BCUT2D eigenvalue weighted by Crippen LogP contribution is -2.50. The predicted molar refractivity (Wildman–Crippen MR) is 152 cm³/mol. The fraction of sp³-hybridized carbons (Fsp3) is 0.300. The Kier molecular flexibility index (Phi) is 7.26. The number of amides is 1. The van der Waals surface area contributed by atoms with Crippen molar-refractivity contribution >= 4 is 28.4 Å². The number of Topliss-reactive ketones (excluding diaryl/α,β-unsaturated/α-hetero) is 1. The zero-order valence-corrected chi connectivity index (χ0v) is 22.2. The summed E-state index contributed by atoms with van der Waals surface area (Å²) in [6, 6.07) is 15.2. The maximum atomic E-state index is 13.5. The molecule has 0 aliphatic carbocycles. The first kappa shape index (κ1) is 25.6. The lowest BCUT2D eigenvalue weighted by molar-refractivity contribution is 0.0630. The van der Waals surface area contributed by atoms with E-state index in [0.717, 1.165) is 59.5 Å². The zero-order valence-electron chi connectivity index (χ0n) is 22.2. The highest BCUT2D eigenvalue weighted by Gasteiger charge is 2.24. The van der Waals surface area contributed by atoms with E-state index in [-0.39, 0.29) is 11.7 Å². The van der Waals surface area contributed by atoms with Crippen LogP contribution in [0.2, 0.25) is 0 Å². The van der Waals surface area contributed by atoms with Crippen molar-refractivity contribution in [1.82, 2.24) is 24.7 Å². The third kappa shape index (κ3) is 5.18. The largest absolute Gasteiger partial charge is 0.398 e. The number of carbonyl (C=O) groups excluding carboxylic acids is 2. The summed E-state index contributed by atoms with van der Waals surface area (Å²) in [6.45, 7) is 6.67. The highest BCUT2D eigenvalue weighted by atomic mass is 16.2. The summed E-state index contributed by atoms with van der Waals surface area (Å²) in [5, 5.41) is 0.912. The number of nitrogens with zero attached hydrogens (tertiary/aromatic N) is 4. The van der Waals surface area contributed by atoms with Gasteiger partial charge < -0.3 is 20.5 Å². The van der Waals surface area contributed by atoms with E-state index in [1.165, 1.54) is 0 Å². The second-order valence-corrected chi connectivity index (χ2v) is 10.2. The van der Waals surface area contributed by atoms with E-state index in [4.69, 9.17) is 5.73 Å². The number of nitrogen functional groups attached to an aromatic ring is 1. The van der Waals surface area contributed by atoms with E-state index in [0.29, 0.717) is 29.9 Å². The third-order valence-corrected chi connectivity index (χ3v) is 7.27. The van der Waals surface area contributed by atoms with Crippen molar-refractivity contribution in [3.05, 3.63) is 72.1 Å². The van der Waals surface area contributed by atoms with Gasteiger partial charge in [0.05, 0.1) is 5.56 Å². The molecule has 196 valence electrons. The average Bonchev–Trinajstić information content (AvgIpc) is 3.35. The van der Waals surface area contributed by atoms with Crippen LogP contribution in [0.25, 0.3) is 33.3 Å². The number of nitrogens with one attached hydrogen (secondary N) is 1. The fourth-order valence-electron chi connectivity index (χ4n) is 5.02. The van der Waals surface area contributed by atoms with E-state index in [1.54, 1.807) is 19.2 Å². The van der Waals surface area contributed by atoms with Crippen LogP contribution in [0.1, 0.15) is 27.6 Å². The summed E-state index contributed by atoms with van der Waals surface area (Å²) in [6.07, 6.45) is 3.68. The van der Waals surface area contributed by atoms with Crippen LogP contribution in [0, 0.1) is 0 Å². The van der Waals surface area contributed by atoms with Crippen molar-refractivity contribution in [2.24, 2.45) is 0 Å². The van der Waals surface area contributed by atoms with Crippen LogP contribution in [0.4, 0.5) is 5.69 Å². The monoisotopic (exact) mass is 510 g/mol. The van der Waals surface area contributed by atoms with Gasteiger partial charge in [0.25, 0.3) is 5.91 Å². The Hall–Kier alpha value is -4.01. The summed E-state index contributed by atoms with van der Waals surface area (Å²) < 4.78 is 0. The number of fused-ring (bicyclic) bond motifs is 1. The van der Waals surface area contributed by atoms with Crippen molar-refractivity contribution < 1.29 is 9.59 Å². The highest BCUT2D eigenvalue weighted by molar-refractivity contribution is 6.06. The minimum atomic E-state index is -0.0386. The average molecular weight is 511 g/mol. The minimum Gasteiger partial charge on any atom is -0.398 e. The minimum absolute atomic E-state index is 0.0132. The molecule has 8 nitrogen and oxygen atoms in total. The van der Waals surface area contributed by atoms with Gasteiger partial charge in [0, 0.05) is 79.4 Å². The summed E-state index contributed by atoms with van der Waals surface area (Å²) >= 11 is 0. The molecule has 4 aromatic rings. The van der Waals surface area contributed by atoms with Gasteiger partial charge in [-0.1, -0.05) is 30.3 Å². The van der Waals surface area contributed by atoms with Gasteiger partial charge in [-0.05, 0) is 50.3 Å². The highest BCUT2D eigenvalue weighted by Crippen LogP contribution is 2.34. The van der Waals surface area contributed by atoms with E-state index in [1.807, 2.05) is 53.6 Å². The molecule has 1 amide bonds. The number of pyridine rings is 1. The number of benzene rings is 2. The summed E-state index contributed by atoms with van der Waals surface area (Å²) in [4.78, 5) is 40.0. The maximum Gasteiger partial charge on any atom is 0.256 e. The van der Waals surface area contributed by atoms with Crippen LogP contribution in [0.15, 0.2) is 60.9 Å². The van der Waals surface area contributed by atoms with Gasteiger partial charge in [-0.2, -0.15) is 0 Å². The molecule has 1 aliphatic heterocycles. The topological polar surface area (TPSA) is 98.6 Å². The molecular weight excluding hydrogens is 476 g/mol. The Bertz CT molecular complexity index is 1480. The van der Waals surface area contributed by atoms with Gasteiger partial charge in [0.15, 0.2) is 5.78 Å². The molecule has 0 radical (unpaired) electrons. The molecule has 1 fully saturated rings. The molecule has 1 aliphatic rings. The molecule has 8 heteroatoms. The van der Waals surface area contributed by atoms with Gasteiger partial charge in [0.1, 0.15) is 5.65 Å². The first-order valence-corrected chi connectivity index (χ1v) is 13.0. The number of hydrogen-bond acceptors (Lipinski definition) is 6. The molecule has 0 unspecified atom stereocenters. The molecule has 0 bridgehead atoms. The van der Waals surface area contributed by atoms with Crippen LogP contribution < -0.4 is 5.73 Å². The van der Waals surface area contributed by atoms with E-state index < -0.39 is 0 Å². The molecular formula is C30H34N6O2.